The van der Waals surface area contributed by atoms with Crippen LogP contribution in [0.1, 0.15) is 34.3 Å². The third-order valence-corrected chi connectivity index (χ3v) is 6.38. The highest BCUT2D eigenvalue weighted by Gasteiger charge is 2.29. The molecule has 1 aliphatic rings. The molecule has 0 bridgehead atoms. The molecule has 1 aliphatic carbocycles. The number of aryl methyl sites for hydroxylation is 1. The van der Waals surface area contributed by atoms with Crippen molar-refractivity contribution in [2.45, 2.75) is 43.9 Å². The predicted molar refractivity (Wildman–Crippen MR) is 110 cm³/mol. The Morgan fingerprint density at radius 3 is 2.52 bits per heavy atom. The summed E-state index contributed by atoms with van der Waals surface area (Å²) in [4.78, 5) is 14.5. The number of carbonyl (C=O) groups excluding carboxylic acids is 1. The quantitative estimate of drug-likeness (QED) is 0.628. The van der Waals surface area contributed by atoms with Crippen LogP contribution in [0.4, 0.5) is 8.78 Å². The average molecular weight is 454 g/mol. The van der Waals surface area contributed by atoms with Crippen molar-refractivity contribution in [2.75, 3.05) is 14.2 Å². The summed E-state index contributed by atoms with van der Waals surface area (Å²) in [5.74, 6) is -0.353. The summed E-state index contributed by atoms with van der Waals surface area (Å²) in [7, 11) is -0.789. The molecule has 0 spiro atoms. The maximum atomic E-state index is 13.0. The Labute approximate surface area is 180 Å². The molecule has 2 aromatic carbocycles. The van der Waals surface area contributed by atoms with Crippen molar-refractivity contribution in [3.8, 4) is 11.5 Å². The maximum Gasteiger partial charge on any atom is 0.387 e. The molecule has 1 saturated carbocycles. The van der Waals surface area contributed by atoms with Crippen LogP contribution in [0.5, 0.6) is 11.5 Å². The Bertz CT molecular complexity index is 1070. The summed E-state index contributed by atoms with van der Waals surface area (Å²) in [6.45, 7) is -1.10. The third kappa shape index (κ3) is 5.71. The van der Waals surface area contributed by atoms with E-state index in [1.54, 1.807) is 26.1 Å². The molecule has 7 nitrogen and oxygen atoms in total. The lowest BCUT2D eigenvalue weighted by Crippen LogP contribution is -2.28. The van der Waals surface area contributed by atoms with Crippen molar-refractivity contribution in [2.24, 2.45) is 0 Å². The van der Waals surface area contributed by atoms with Gasteiger partial charge >= 0.3 is 6.61 Å². The first-order chi connectivity index (χ1) is 14.6. The zero-order valence-corrected chi connectivity index (χ0v) is 18.2. The number of alkyl halides is 2. The molecular weight excluding hydrogens is 430 g/mol. The van der Waals surface area contributed by atoms with Gasteiger partial charge in [-0.15, -0.1) is 0 Å². The summed E-state index contributed by atoms with van der Waals surface area (Å²) < 4.78 is 62.1. The number of sulfonamides is 1. The number of nitrogens with one attached hydrogen (secondary N) is 1. The molecule has 1 fully saturated rings. The topological polar surface area (TPSA) is 84.9 Å². The molecule has 0 saturated heterocycles. The maximum absolute atomic E-state index is 13.0. The zero-order valence-electron chi connectivity index (χ0n) is 17.4. The van der Waals surface area contributed by atoms with Gasteiger partial charge in [-0.25, -0.2) is 13.1 Å². The molecule has 0 aromatic heterocycles. The van der Waals surface area contributed by atoms with Crippen LogP contribution in [0.25, 0.3) is 0 Å². The Hall–Kier alpha value is -2.72. The number of hydrogen-bond donors (Lipinski definition) is 1. The molecule has 1 amide bonds. The van der Waals surface area contributed by atoms with Crippen LogP contribution >= 0.6 is 0 Å². The fraction of sp³-hybridized carbons (Fsp3) is 0.381. The summed E-state index contributed by atoms with van der Waals surface area (Å²) in [5, 5.41) is 0. The number of carbonyl (C=O) groups is 1. The van der Waals surface area contributed by atoms with Gasteiger partial charge < -0.3 is 14.4 Å². The fourth-order valence-corrected chi connectivity index (χ4v) is 4.37. The minimum atomic E-state index is -3.69. The minimum absolute atomic E-state index is 0.0388. The highest BCUT2D eigenvalue weighted by atomic mass is 32.2. The van der Waals surface area contributed by atoms with Crippen molar-refractivity contribution >= 4 is 15.9 Å². The van der Waals surface area contributed by atoms with E-state index in [2.05, 4.69) is 9.46 Å². The van der Waals surface area contributed by atoms with E-state index >= 15 is 0 Å². The van der Waals surface area contributed by atoms with E-state index in [-0.39, 0.29) is 40.5 Å². The summed E-state index contributed by atoms with van der Waals surface area (Å²) in [5.41, 5.74) is 1.54. The van der Waals surface area contributed by atoms with Crippen LogP contribution in [0, 0.1) is 6.92 Å². The fourth-order valence-electron chi connectivity index (χ4n) is 3.04. The zero-order chi connectivity index (χ0) is 22.8. The van der Waals surface area contributed by atoms with E-state index in [4.69, 9.17) is 4.74 Å². The SMILES string of the molecule is COc1cc(CN(C)C(=O)c2cc(S(=O)(=O)NC3CC3)ccc2C)ccc1OC(F)F. The van der Waals surface area contributed by atoms with E-state index in [1.165, 1.54) is 36.3 Å². The van der Waals surface area contributed by atoms with Gasteiger partial charge in [0.05, 0.1) is 12.0 Å². The molecule has 0 radical (unpaired) electrons. The summed E-state index contributed by atoms with van der Waals surface area (Å²) in [6.07, 6.45) is 1.62. The van der Waals surface area contributed by atoms with Gasteiger partial charge in [0.1, 0.15) is 0 Å². The van der Waals surface area contributed by atoms with E-state index in [0.29, 0.717) is 11.1 Å². The first-order valence-corrected chi connectivity index (χ1v) is 11.1. The second-order valence-corrected chi connectivity index (χ2v) is 9.11. The number of rotatable bonds is 9. The number of benzene rings is 2. The summed E-state index contributed by atoms with van der Waals surface area (Å²) >= 11 is 0. The Morgan fingerprint density at radius 1 is 1.19 bits per heavy atom. The molecule has 31 heavy (non-hydrogen) atoms. The van der Waals surface area contributed by atoms with Gasteiger partial charge in [0.25, 0.3) is 5.91 Å². The van der Waals surface area contributed by atoms with Crippen LogP contribution < -0.4 is 14.2 Å². The number of methoxy groups -OCH3 is 1. The monoisotopic (exact) mass is 454 g/mol. The normalized spacial score (nSPS) is 13.9. The first kappa shape index (κ1) is 23.0. The summed E-state index contributed by atoms with van der Waals surface area (Å²) in [6, 6.07) is 8.82. The lowest BCUT2D eigenvalue weighted by molar-refractivity contribution is -0.0512. The number of nitrogens with zero attached hydrogens (tertiary/aromatic N) is 1. The van der Waals surface area contributed by atoms with Crippen LogP contribution in [0.3, 0.4) is 0 Å². The number of amides is 1. The standard InChI is InChI=1S/C21H24F2N2O5S/c1-13-4-8-16(31(27,28)24-15-6-7-15)11-17(13)20(26)25(2)12-14-5-9-18(30-21(22)23)19(10-14)29-3/h4-5,8-11,15,21,24H,6-7,12H2,1-3H3. The number of halogens is 2. The third-order valence-electron chi connectivity index (χ3n) is 4.86. The Morgan fingerprint density at radius 2 is 1.90 bits per heavy atom. The highest BCUT2D eigenvalue weighted by Crippen LogP contribution is 2.30. The van der Waals surface area contributed by atoms with Crippen LogP contribution in [-0.2, 0) is 16.6 Å². The minimum Gasteiger partial charge on any atom is -0.493 e. The predicted octanol–water partition coefficient (Wildman–Crippen LogP) is 3.32. The lowest BCUT2D eigenvalue weighted by atomic mass is 10.1. The molecule has 0 unspecified atom stereocenters. The van der Waals surface area contributed by atoms with Gasteiger partial charge in [-0.05, 0) is 55.2 Å². The molecule has 0 heterocycles. The second-order valence-electron chi connectivity index (χ2n) is 7.40. The molecule has 3 rings (SSSR count). The van der Waals surface area contributed by atoms with Crippen molar-refractivity contribution in [1.82, 2.24) is 9.62 Å². The van der Waals surface area contributed by atoms with Gasteiger partial charge in [-0.1, -0.05) is 12.1 Å². The average Bonchev–Trinajstić information content (AvgIpc) is 3.51. The Kier molecular flexibility index (Phi) is 6.80. The van der Waals surface area contributed by atoms with Crippen LogP contribution in [0.2, 0.25) is 0 Å². The molecule has 168 valence electrons. The van der Waals surface area contributed by atoms with Gasteiger partial charge in [0.15, 0.2) is 11.5 Å². The van der Waals surface area contributed by atoms with Crippen molar-refractivity contribution in [1.29, 1.82) is 0 Å². The first-order valence-electron chi connectivity index (χ1n) is 9.61. The number of hydrogen-bond acceptors (Lipinski definition) is 5. The van der Waals surface area contributed by atoms with E-state index in [1.807, 2.05) is 0 Å². The lowest BCUT2D eigenvalue weighted by Gasteiger charge is -2.20. The molecule has 1 N–H and O–H groups in total. The number of ether oxygens (including phenoxy) is 2. The van der Waals surface area contributed by atoms with Crippen molar-refractivity contribution in [3.63, 3.8) is 0 Å². The van der Waals surface area contributed by atoms with Crippen LogP contribution in [-0.4, -0.2) is 46.0 Å². The van der Waals surface area contributed by atoms with Gasteiger partial charge in [-0.3, -0.25) is 4.79 Å². The molecule has 10 heteroatoms. The molecule has 0 aliphatic heterocycles. The van der Waals surface area contributed by atoms with E-state index in [0.717, 1.165) is 12.8 Å². The van der Waals surface area contributed by atoms with Crippen molar-refractivity contribution in [3.05, 3.63) is 53.1 Å². The Balaban J connectivity index is 1.79. The largest absolute Gasteiger partial charge is 0.493 e. The highest BCUT2D eigenvalue weighted by molar-refractivity contribution is 7.89. The molecule has 2 aromatic rings. The van der Waals surface area contributed by atoms with Crippen LogP contribution in [0.15, 0.2) is 41.3 Å². The smallest absolute Gasteiger partial charge is 0.387 e. The van der Waals surface area contributed by atoms with E-state index < -0.39 is 16.6 Å². The van der Waals surface area contributed by atoms with E-state index in [9.17, 15) is 22.0 Å². The van der Waals surface area contributed by atoms with Gasteiger partial charge in [-0.2, -0.15) is 8.78 Å². The van der Waals surface area contributed by atoms with Crippen molar-refractivity contribution < 1.29 is 31.5 Å². The molecule has 0 atom stereocenters. The molecular formula is C21H24F2N2O5S. The van der Waals surface area contributed by atoms with Gasteiger partial charge in [0, 0.05) is 25.2 Å². The van der Waals surface area contributed by atoms with Gasteiger partial charge in [0.2, 0.25) is 10.0 Å². The second kappa shape index (κ2) is 9.19.